The molecule has 0 bridgehead atoms. The summed E-state index contributed by atoms with van der Waals surface area (Å²) in [5.41, 5.74) is 0.658. The number of imide groups is 1. The van der Waals surface area contributed by atoms with Crippen molar-refractivity contribution in [3.63, 3.8) is 0 Å². The number of nitrogens with zero attached hydrogens (tertiary/aromatic N) is 1. The average molecular weight is 361 g/mol. The van der Waals surface area contributed by atoms with E-state index in [0.717, 1.165) is 0 Å². The molecule has 1 unspecified atom stereocenters. The first kappa shape index (κ1) is 21.4. The highest BCUT2D eigenvalue weighted by Crippen LogP contribution is 2.23. The zero-order chi connectivity index (χ0) is 19.7. The van der Waals surface area contributed by atoms with Gasteiger partial charge in [0, 0.05) is 12.3 Å². The van der Waals surface area contributed by atoms with Crippen molar-refractivity contribution in [1.29, 1.82) is 0 Å². The van der Waals surface area contributed by atoms with Crippen molar-refractivity contribution < 1.29 is 24.6 Å². The molecule has 0 spiro atoms. The summed E-state index contributed by atoms with van der Waals surface area (Å²) in [5.74, 6) is -2.36. The van der Waals surface area contributed by atoms with Gasteiger partial charge in [0.05, 0.1) is 0 Å². The molecular formula is C20H27NO5. The monoisotopic (exact) mass is 361 g/mol. The maximum atomic E-state index is 12.9. The van der Waals surface area contributed by atoms with E-state index in [1.807, 2.05) is 13.8 Å². The Hall–Kier alpha value is -2.63. The van der Waals surface area contributed by atoms with Crippen LogP contribution >= 0.6 is 0 Å². The maximum absolute atomic E-state index is 12.9. The summed E-state index contributed by atoms with van der Waals surface area (Å²) in [4.78, 5) is 36.9. The fraction of sp³-hybridized carbons (Fsp3) is 0.450. The van der Waals surface area contributed by atoms with Gasteiger partial charge in [-0.15, -0.1) is 6.58 Å². The van der Waals surface area contributed by atoms with E-state index < -0.39 is 29.9 Å². The van der Waals surface area contributed by atoms with Crippen LogP contribution in [-0.2, 0) is 16.0 Å². The van der Waals surface area contributed by atoms with Crippen LogP contribution in [-0.4, -0.2) is 39.1 Å². The van der Waals surface area contributed by atoms with Crippen molar-refractivity contribution >= 4 is 18.0 Å². The van der Waals surface area contributed by atoms with Crippen LogP contribution in [0, 0.1) is 11.8 Å². The van der Waals surface area contributed by atoms with Gasteiger partial charge in [-0.1, -0.05) is 50.3 Å². The van der Waals surface area contributed by atoms with E-state index in [-0.39, 0.29) is 12.3 Å². The van der Waals surface area contributed by atoms with Gasteiger partial charge in [-0.05, 0) is 30.7 Å². The smallest absolute Gasteiger partial charge is 0.414 e. The second-order valence-corrected chi connectivity index (χ2v) is 6.73. The molecule has 0 saturated carbocycles. The first-order chi connectivity index (χ1) is 12.3. The highest BCUT2D eigenvalue weighted by Gasteiger charge is 2.38. The third kappa shape index (κ3) is 6.35. The van der Waals surface area contributed by atoms with Gasteiger partial charge in [0.15, 0.2) is 0 Å². The van der Waals surface area contributed by atoms with E-state index in [2.05, 4.69) is 6.58 Å². The van der Waals surface area contributed by atoms with Crippen LogP contribution in [0.4, 0.5) is 4.79 Å². The Morgan fingerprint density at radius 1 is 1.15 bits per heavy atom. The summed E-state index contributed by atoms with van der Waals surface area (Å²) in [7, 11) is 0. The Kier molecular flexibility index (Phi) is 8.55. The van der Waals surface area contributed by atoms with E-state index in [1.54, 1.807) is 36.4 Å². The third-order valence-corrected chi connectivity index (χ3v) is 4.14. The molecule has 26 heavy (non-hydrogen) atoms. The van der Waals surface area contributed by atoms with Crippen molar-refractivity contribution in [2.75, 3.05) is 0 Å². The highest BCUT2D eigenvalue weighted by atomic mass is 16.4. The van der Waals surface area contributed by atoms with Crippen molar-refractivity contribution in [2.45, 2.75) is 45.6 Å². The number of hydrogen-bond acceptors (Lipinski definition) is 3. The lowest BCUT2D eigenvalue weighted by Gasteiger charge is -2.29. The van der Waals surface area contributed by atoms with Gasteiger partial charge in [0.2, 0.25) is 5.91 Å². The topological polar surface area (TPSA) is 94.9 Å². The number of carbonyl (C=O) groups is 3. The number of carboxylic acids is 1. The largest absolute Gasteiger partial charge is 0.480 e. The predicted molar refractivity (Wildman–Crippen MR) is 98.8 cm³/mol. The Balaban J connectivity index is 3.13. The number of amides is 2. The second kappa shape index (κ2) is 10.4. The Morgan fingerprint density at radius 3 is 2.23 bits per heavy atom. The highest BCUT2D eigenvalue weighted by molar-refractivity contribution is 5.97. The minimum Gasteiger partial charge on any atom is -0.480 e. The first-order valence-corrected chi connectivity index (χ1v) is 8.71. The van der Waals surface area contributed by atoms with Gasteiger partial charge in [-0.2, -0.15) is 0 Å². The quantitative estimate of drug-likeness (QED) is 0.618. The van der Waals surface area contributed by atoms with Gasteiger partial charge in [0.1, 0.15) is 6.04 Å². The normalized spacial score (nSPS) is 13.0. The number of aliphatic carboxylic acids is 1. The Labute approximate surface area is 154 Å². The summed E-state index contributed by atoms with van der Waals surface area (Å²) in [6.45, 7) is 7.52. The number of carbonyl (C=O) groups excluding carboxylic acids is 1. The molecule has 1 aromatic rings. The standard InChI is InChI=1S/C20H27NO5/c1-4-5-11-16(12-14(2)3)18(22)21(20(25)26)17(19(23)24)13-15-9-7-6-8-10-15/h4,6-10,14,16-17H,1,5,11-13H2,2-3H3,(H,23,24)(H,25,26)/t16?,17-/m0/s1. The van der Waals surface area contributed by atoms with E-state index in [4.69, 9.17) is 0 Å². The fourth-order valence-electron chi connectivity index (χ4n) is 2.93. The molecule has 0 radical (unpaired) electrons. The number of rotatable bonds is 10. The first-order valence-electron chi connectivity index (χ1n) is 8.71. The summed E-state index contributed by atoms with van der Waals surface area (Å²) in [6.07, 6.45) is 1.57. The van der Waals surface area contributed by atoms with E-state index in [9.17, 15) is 24.6 Å². The van der Waals surface area contributed by atoms with Crippen LogP contribution in [0.15, 0.2) is 43.0 Å². The van der Waals surface area contributed by atoms with Crippen molar-refractivity contribution in [3.8, 4) is 0 Å². The van der Waals surface area contributed by atoms with E-state index >= 15 is 0 Å². The van der Waals surface area contributed by atoms with Crippen molar-refractivity contribution in [2.24, 2.45) is 11.8 Å². The number of carboxylic acid groups (broad SMARTS) is 2. The van der Waals surface area contributed by atoms with Crippen molar-refractivity contribution in [1.82, 2.24) is 4.90 Å². The van der Waals surface area contributed by atoms with Gasteiger partial charge in [-0.3, -0.25) is 4.79 Å². The zero-order valence-electron chi connectivity index (χ0n) is 15.3. The van der Waals surface area contributed by atoms with Gasteiger partial charge in [-0.25, -0.2) is 14.5 Å². The van der Waals surface area contributed by atoms with Gasteiger partial charge >= 0.3 is 12.1 Å². The molecule has 0 fully saturated rings. The van der Waals surface area contributed by atoms with Crippen LogP contribution in [0.1, 0.15) is 38.7 Å². The van der Waals surface area contributed by atoms with Crippen LogP contribution in [0.25, 0.3) is 0 Å². The molecule has 2 N–H and O–H groups in total. The van der Waals surface area contributed by atoms with Gasteiger partial charge in [0.25, 0.3) is 0 Å². The van der Waals surface area contributed by atoms with E-state index in [0.29, 0.717) is 29.7 Å². The third-order valence-electron chi connectivity index (χ3n) is 4.14. The Bertz CT molecular complexity index is 626. The van der Waals surface area contributed by atoms with Crippen molar-refractivity contribution in [3.05, 3.63) is 48.6 Å². The van der Waals surface area contributed by atoms with Crippen LogP contribution < -0.4 is 0 Å². The molecule has 0 aromatic heterocycles. The summed E-state index contributed by atoms with van der Waals surface area (Å²) in [6, 6.07) is 7.24. The van der Waals surface area contributed by atoms with E-state index in [1.165, 1.54) is 0 Å². The van der Waals surface area contributed by atoms with Crippen LogP contribution in [0.2, 0.25) is 0 Å². The zero-order valence-corrected chi connectivity index (χ0v) is 15.3. The molecule has 0 aliphatic carbocycles. The molecule has 1 rings (SSSR count). The molecule has 0 aliphatic heterocycles. The molecule has 0 aliphatic rings. The average Bonchev–Trinajstić information content (AvgIpc) is 2.58. The molecule has 0 saturated heterocycles. The summed E-state index contributed by atoms with van der Waals surface area (Å²) in [5, 5.41) is 19.1. The predicted octanol–water partition coefficient (Wildman–Crippen LogP) is 3.82. The number of allylic oxidation sites excluding steroid dienone is 1. The molecule has 6 heteroatoms. The second-order valence-electron chi connectivity index (χ2n) is 6.73. The molecular weight excluding hydrogens is 334 g/mol. The number of hydrogen-bond donors (Lipinski definition) is 2. The van der Waals surface area contributed by atoms with Gasteiger partial charge < -0.3 is 10.2 Å². The Morgan fingerprint density at radius 2 is 1.77 bits per heavy atom. The molecule has 2 amide bonds. The SMILES string of the molecule is C=CCCC(CC(C)C)C(=O)N(C(=O)O)[C@@H](Cc1ccccc1)C(=O)O. The molecule has 0 heterocycles. The van der Waals surface area contributed by atoms with Crippen LogP contribution in [0.3, 0.4) is 0 Å². The van der Waals surface area contributed by atoms with Crippen LogP contribution in [0.5, 0.6) is 0 Å². The maximum Gasteiger partial charge on any atom is 0.414 e. The molecule has 1 aromatic carbocycles. The lowest BCUT2D eigenvalue weighted by molar-refractivity contribution is -0.150. The number of benzene rings is 1. The molecule has 6 nitrogen and oxygen atoms in total. The fourth-order valence-corrected chi connectivity index (χ4v) is 2.93. The lowest BCUT2D eigenvalue weighted by atomic mass is 9.90. The summed E-state index contributed by atoms with van der Waals surface area (Å²) >= 11 is 0. The molecule has 2 atom stereocenters. The summed E-state index contributed by atoms with van der Waals surface area (Å²) < 4.78 is 0. The minimum absolute atomic E-state index is 0.0654. The lowest BCUT2D eigenvalue weighted by Crippen LogP contribution is -2.51. The minimum atomic E-state index is -1.54. The molecule has 142 valence electrons.